The van der Waals surface area contributed by atoms with Gasteiger partial charge < -0.3 is 14.4 Å². The number of carboxylic acid groups (broad SMARTS) is 1. The number of para-hydroxylation sites is 2. The molecule has 1 heterocycles. The normalized spacial score (nSPS) is 11.2. The third-order valence-corrected chi connectivity index (χ3v) is 5.71. The molecule has 0 aliphatic heterocycles. The number of fused-ring (bicyclic) bond motifs is 2. The lowest BCUT2D eigenvalue weighted by Crippen LogP contribution is -2.02. The Labute approximate surface area is 191 Å². The minimum Gasteiger partial charge on any atom is -0.494 e. The first-order valence-electron chi connectivity index (χ1n) is 11.1. The minimum absolute atomic E-state index is 0.112. The number of aromatic nitrogens is 2. The van der Waals surface area contributed by atoms with E-state index in [0.29, 0.717) is 13.0 Å². The maximum Gasteiger partial charge on any atom is 0.303 e. The Bertz CT molecular complexity index is 1420. The summed E-state index contributed by atoms with van der Waals surface area (Å²) in [6.45, 7) is 1.14. The van der Waals surface area contributed by atoms with Gasteiger partial charge in [-0.05, 0) is 53.1 Å². The summed E-state index contributed by atoms with van der Waals surface area (Å²) in [5.74, 6) is 0.885. The van der Waals surface area contributed by atoms with Crippen LogP contribution in [0.5, 0.6) is 5.75 Å². The molecule has 0 atom stereocenters. The van der Waals surface area contributed by atoms with Crippen molar-refractivity contribution in [3.63, 3.8) is 0 Å². The highest BCUT2D eigenvalue weighted by Gasteiger charge is 2.13. The van der Waals surface area contributed by atoms with Gasteiger partial charge in [0.15, 0.2) is 0 Å². The molecule has 5 heteroatoms. The van der Waals surface area contributed by atoms with Crippen molar-refractivity contribution in [2.24, 2.45) is 0 Å². The van der Waals surface area contributed by atoms with Crippen LogP contribution in [0, 0.1) is 0 Å². The summed E-state index contributed by atoms with van der Waals surface area (Å²) in [4.78, 5) is 15.6. The molecule has 164 valence electrons. The van der Waals surface area contributed by atoms with Crippen molar-refractivity contribution in [1.29, 1.82) is 0 Å². The molecule has 0 saturated carbocycles. The fraction of sp³-hybridized carbons (Fsp3) is 0.143. The van der Waals surface area contributed by atoms with Gasteiger partial charge in [-0.15, -0.1) is 0 Å². The highest BCUT2D eigenvalue weighted by atomic mass is 16.5. The molecule has 5 nitrogen and oxygen atoms in total. The van der Waals surface area contributed by atoms with Crippen LogP contribution in [0.1, 0.15) is 18.4 Å². The van der Waals surface area contributed by atoms with Crippen molar-refractivity contribution in [3.05, 3.63) is 96.6 Å². The number of hydrogen-bond acceptors (Lipinski definition) is 3. The Morgan fingerprint density at radius 3 is 2.48 bits per heavy atom. The smallest absolute Gasteiger partial charge is 0.303 e. The largest absolute Gasteiger partial charge is 0.494 e. The second-order valence-electron chi connectivity index (χ2n) is 8.07. The first-order valence-corrected chi connectivity index (χ1v) is 11.1. The molecule has 0 unspecified atom stereocenters. The van der Waals surface area contributed by atoms with Crippen molar-refractivity contribution in [3.8, 4) is 17.1 Å². The monoisotopic (exact) mass is 436 g/mol. The maximum absolute atomic E-state index is 10.7. The van der Waals surface area contributed by atoms with Crippen LogP contribution in [0.25, 0.3) is 33.2 Å². The average molecular weight is 437 g/mol. The van der Waals surface area contributed by atoms with Gasteiger partial charge in [0.1, 0.15) is 11.6 Å². The predicted molar refractivity (Wildman–Crippen MR) is 131 cm³/mol. The van der Waals surface area contributed by atoms with Crippen LogP contribution in [0.4, 0.5) is 0 Å². The lowest BCUT2D eigenvalue weighted by Gasteiger charge is -2.11. The fourth-order valence-electron chi connectivity index (χ4n) is 4.09. The zero-order valence-electron chi connectivity index (χ0n) is 18.1. The number of rotatable bonds is 8. The van der Waals surface area contributed by atoms with Crippen LogP contribution in [-0.2, 0) is 11.3 Å². The number of aliphatic carboxylic acids is 1. The van der Waals surface area contributed by atoms with Crippen LogP contribution in [0.3, 0.4) is 0 Å². The van der Waals surface area contributed by atoms with E-state index in [9.17, 15) is 4.79 Å². The van der Waals surface area contributed by atoms with Gasteiger partial charge in [0.05, 0.1) is 17.6 Å². The molecule has 0 aliphatic rings. The van der Waals surface area contributed by atoms with E-state index in [0.717, 1.165) is 45.5 Å². The van der Waals surface area contributed by atoms with Crippen molar-refractivity contribution >= 4 is 27.8 Å². The van der Waals surface area contributed by atoms with Gasteiger partial charge >= 0.3 is 5.97 Å². The summed E-state index contributed by atoms with van der Waals surface area (Å²) in [7, 11) is 0. The molecule has 4 aromatic carbocycles. The Hall–Kier alpha value is -4.12. The van der Waals surface area contributed by atoms with E-state index in [2.05, 4.69) is 59.2 Å². The zero-order valence-corrected chi connectivity index (χ0v) is 18.1. The molecule has 33 heavy (non-hydrogen) atoms. The third-order valence-electron chi connectivity index (χ3n) is 5.71. The Morgan fingerprint density at radius 1 is 0.879 bits per heavy atom. The first-order chi connectivity index (χ1) is 16.2. The maximum atomic E-state index is 10.7. The lowest BCUT2D eigenvalue weighted by molar-refractivity contribution is -0.137. The van der Waals surface area contributed by atoms with Crippen molar-refractivity contribution in [2.75, 3.05) is 6.61 Å². The molecule has 0 amide bonds. The van der Waals surface area contributed by atoms with E-state index in [1.165, 1.54) is 5.56 Å². The van der Waals surface area contributed by atoms with Gasteiger partial charge in [-0.3, -0.25) is 4.79 Å². The molecule has 0 fully saturated rings. The number of benzene rings is 4. The average Bonchev–Trinajstić information content (AvgIpc) is 3.20. The predicted octanol–water partition coefficient (Wildman–Crippen LogP) is 6.15. The van der Waals surface area contributed by atoms with Crippen molar-refractivity contribution in [2.45, 2.75) is 19.4 Å². The summed E-state index contributed by atoms with van der Waals surface area (Å²) >= 11 is 0. The van der Waals surface area contributed by atoms with Gasteiger partial charge in [0.2, 0.25) is 0 Å². The number of carboxylic acids is 1. The summed E-state index contributed by atoms with van der Waals surface area (Å²) in [6.07, 6.45) is 0.602. The van der Waals surface area contributed by atoms with E-state index in [4.69, 9.17) is 14.8 Å². The van der Waals surface area contributed by atoms with E-state index >= 15 is 0 Å². The molecule has 0 radical (unpaired) electrons. The molecule has 0 bridgehead atoms. The number of nitrogens with zero attached hydrogens (tertiary/aromatic N) is 2. The number of hydrogen-bond donors (Lipinski definition) is 1. The lowest BCUT2D eigenvalue weighted by atomic mass is 10.1. The first kappa shape index (κ1) is 20.8. The molecule has 1 aromatic heterocycles. The highest BCUT2D eigenvalue weighted by Crippen LogP contribution is 2.30. The van der Waals surface area contributed by atoms with Crippen molar-refractivity contribution < 1.29 is 14.6 Å². The van der Waals surface area contributed by atoms with Crippen LogP contribution >= 0.6 is 0 Å². The van der Waals surface area contributed by atoms with Crippen LogP contribution < -0.4 is 4.74 Å². The van der Waals surface area contributed by atoms with Crippen LogP contribution in [0.2, 0.25) is 0 Å². The van der Waals surface area contributed by atoms with Gasteiger partial charge in [-0.25, -0.2) is 4.98 Å². The Morgan fingerprint density at radius 2 is 1.64 bits per heavy atom. The summed E-state index contributed by atoms with van der Waals surface area (Å²) in [6, 6.07) is 31.0. The zero-order chi connectivity index (χ0) is 22.6. The Kier molecular flexibility index (Phi) is 5.77. The Balaban J connectivity index is 1.47. The van der Waals surface area contributed by atoms with E-state index in [-0.39, 0.29) is 6.42 Å². The topological polar surface area (TPSA) is 64.3 Å². The molecule has 1 N–H and O–H groups in total. The molecular weight excluding hydrogens is 412 g/mol. The van der Waals surface area contributed by atoms with Crippen molar-refractivity contribution in [1.82, 2.24) is 9.55 Å². The third kappa shape index (κ3) is 4.58. The van der Waals surface area contributed by atoms with Gasteiger partial charge in [-0.1, -0.05) is 60.7 Å². The van der Waals surface area contributed by atoms with Gasteiger partial charge in [-0.2, -0.15) is 0 Å². The second-order valence-corrected chi connectivity index (χ2v) is 8.07. The van der Waals surface area contributed by atoms with Crippen LogP contribution in [0.15, 0.2) is 91.0 Å². The molecule has 5 aromatic rings. The SMILES string of the molecule is O=C(O)CCCOc1ccc2cc(-c3nc4ccccc4n3Cc3ccccc3)ccc2c1. The number of ether oxygens (including phenoxy) is 1. The summed E-state index contributed by atoms with van der Waals surface area (Å²) < 4.78 is 7.99. The molecular formula is C28H24N2O3. The van der Waals surface area contributed by atoms with Gasteiger partial charge in [0, 0.05) is 18.5 Å². The number of carbonyl (C=O) groups is 1. The molecule has 0 spiro atoms. The van der Waals surface area contributed by atoms with Crippen LogP contribution in [-0.4, -0.2) is 27.2 Å². The fourth-order valence-corrected chi connectivity index (χ4v) is 4.09. The standard InChI is InChI=1S/C28H24N2O3/c31-27(32)11-6-16-33-24-15-14-21-17-23(13-12-22(21)18-24)28-29-25-9-4-5-10-26(25)30(28)19-20-7-2-1-3-8-20/h1-5,7-10,12-15,17-18H,6,11,16,19H2,(H,31,32). The quantitative estimate of drug-likeness (QED) is 0.296. The van der Waals surface area contributed by atoms with E-state index in [1.807, 2.05) is 36.4 Å². The second kappa shape index (κ2) is 9.17. The highest BCUT2D eigenvalue weighted by molar-refractivity contribution is 5.89. The number of imidazole rings is 1. The summed E-state index contributed by atoms with van der Waals surface area (Å²) in [5, 5.41) is 10.9. The van der Waals surface area contributed by atoms with E-state index in [1.54, 1.807) is 0 Å². The molecule has 0 saturated heterocycles. The van der Waals surface area contributed by atoms with Gasteiger partial charge in [0.25, 0.3) is 0 Å². The van der Waals surface area contributed by atoms with E-state index < -0.39 is 5.97 Å². The summed E-state index contributed by atoms with van der Waals surface area (Å²) in [5.41, 5.74) is 4.38. The molecule has 5 rings (SSSR count). The minimum atomic E-state index is -0.803. The molecule has 0 aliphatic carbocycles.